The van der Waals surface area contributed by atoms with Gasteiger partial charge in [0.2, 0.25) is 0 Å². The van der Waals surface area contributed by atoms with Crippen LogP contribution in [0.4, 0.5) is 0 Å². The molecule has 3 heterocycles. The molecule has 1 amide bonds. The molecule has 1 N–H and O–H groups in total. The third-order valence-electron chi connectivity index (χ3n) is 2.89. The van der Waals surface area contributed by atoms with Crippen LogP contribution in [-0.2, 0) is 0 Å². The van der Waals surface area contributed by atoms with Crippen molar-refractivity contribution in [2.45, 2.75) is 13.8 Å². The molecular weight excluding hydrogens is 294 g/mol. The summed E-state index contributed by atoms with van der Waals surface area (Å²) in [6, 6.07) is 0. The molecule has 8 nitrogen and oxygen atoms in total. The molecule has 0 spiro atoms. The van der Waals surface area contributed by atoms with Gasteiger partial charge in [0.05, 0.1) is 12.2 Å². The normalized spacial score (nSPS) is 11.0. The predicted octanol–water partition coefficient (Wildman–Crippen LogP) is 1.20. The maximum atomic E-state index is 12.2. The molecule has 0 aliphatic rings. The molecule has 0 bridgehead atoms. The Kier molecular flexibility index (Phi) is 3.57. The maximum absolute atomic E-state index is 12.2. The first-order valence-corrected chi connectivity index (χ1v) is 7.17. The number of rotatable bonds is 5. The zero-order valence-electron chi connectivity index (χ0n) is 11.5. The van der Waals surface area contributed by atoms with Crippen molar-refractivity contribution in [3.05, 3.63) is 28.7 Å². The molecule has 3 aromatic rings. The number of nitrogens with one attached hydrogen (secondary N) is 1. The lowest BCUT2D eigenvalue weighted by atomic mass is 10.3. The lowest BCUT2D eigenvalue weighted by Gasteiger charge is -2.05. The number of carbonyl (C=O) groups is 1. The second kappa shape index (κ2) is 5.52. The van der Waals surface area contributed by atoms with Crippen LogP contribution in [0.25, 0.3) is 4.96 Å². The Hall–Kier alpha value is -2.42. The molecule has 0 radical (unpaired) electrons. The van der Waals surface area contributed by atoms with Crippen molar-refractivity contribution < 1.29 is 14.2 Å². The molecule has 9 heteroatoms. The van der Waals surface area contributed by atoms with E-state index >= 15 is 0 Å². The van der Waals surface area contributed by atoms with Crippen molar-refractivity contribution >= 4 is 22.2 Å². The largest absolute Gasteiger partial charge is 0.472 e. The van der Waals surface area contributed by atoms with Crippen LogP contribution in [0.15, 0.2) is 16.2 Å². The van der Waals surface area contributed by atoms with E-state index in [0.29, 0.717) is 29.5 Å². The maximum Gasteiger partial charge on any atom is 0.278 e. The minimum atomic E-state index is -0.183. The molecule has 3 rings (SSSR count). The molecule has 0 atom stereocenters. The van der Waals surface area contributed by atoms with Gasteiger partial charge in [-0.15, -0.1) is 11.3 Å². The number of hydrogen-bond donors (Lipinski definition) is 1. The Morgan fingerprint density at radius 3 is 3.05 bits per heavy atom. The van der Waals surface area contributed by atoms with Crippen LogP contribution >= 0.6 is 11.3 Å². The minimum Gasteiger partial charge on any atom is -0.472 e. The minimum absolute atomic E-state index is 0.183. The number of ether oxygens (including phenoxy) is 1. The molecule has 0 aliphatic carbocycles. The van der Waals surface area contributed by atoms with Gasteiger partial charge >= 0.3 is 0 Å². The SMILES string of the molecule is Cc1nonc1OCCNC(=O)c1c(C)nc2sccn12. The van der Waals surface area contributed by atoms with Crippen molar-refractivity contribution in [1.29, 1.82) is 0 Å². The number of hydrogen-bond acceptors (Lipinski definition) is 7. The number of thiazole rings is 1. The Balaban J connectivity index is 1.58. The fourth-order valence-corrected chi connectivity index (χ4v) is 2.68. The summed E-state index contributed by atoms with van der Waals surface area (Å²) in [5.74, 6) is 0.155. The van der Waals surface area contributed by atoms with Crippen molar-refractivity contribution in [2.75, 3.05) is 13.2 Å². The fourth-order valence-electron chi connectivity index (χ4n) is 1.92. The van der Waals surface area contributed by atoms with Gasteiger partial charge in [-0.2, -0.15) is 0 Å². The van der Waals surface area contributed by atoms with E-state index in [9.17, 15) is 4.79 Å². The molecule has 110 valence electrons. The molecule has 0 fully saturated rings. The summed E-state index contributed by atoms with van der Waals surface area (Å²) < 4.78 is 11.6. The van der Waals surface area contributed by atoms with Gasteiger partial charge < -0.3 is 10.1 Å². The number of nitrogens with zero attached hydrogens (tertiary/aromatic N) is 4. The van der Waals surface area contributed by atoms with Crippen LogP contribution in [0.1, 0.15) is 21.9 Å². The van der Waals surface area contributed by atoms with Gasteiger partial charge in [-0.3, -0.25) is 9.20 Å². The highest BCUT2D eigenvalue weighted by Gasteiger charge is 2.16. The Labute approximate surface area is 123 Å². The first-order valence-electron chi connectivity index (χ1n) is 6.29. The average Bonchev–Trinajstić information content (AvgIpc) is 3.11. The number of aromatic nitrogens is 4. The second-order valence-corrected chi connectivity index (χ2v) is 5.23. The quantitative estimate of drug-likeness (QED) is 0.712. The van der Waals surface area contributed by atoms with E-state index in [0.717, 1.165) is 4.96 Å². The van der Waals surface area contributed by atoms with Gasteiger partial charge in [-0.05, 0) is 19.0 Å². The second-order valence-electron chi connectivity index (χ2n) is 4.36. The van der Waals surface area contributed by atoms with Crippen LogP contribution in [0.5, 0.6) is 5.88 Å². The zero-order valence-corrected chi connectivity index (χ0v) is 12.3. The van der Waals surface area contributed by atoms with E-state index in [1.807, 2.05) is 18.5 Å². The molecule has 0 aromatic carbocycles. The van der Waals surface area contributed by atoms with Crippen molar-refractivity contribution in [2.24, 2.45) is 0 Å². The predicted molar refractivity (Wildman–Crippen MR) is 74.7 cm³/mol. The third kappa shape index (κ3) is 2.59. The molecule has 0 saturated carbocycles. The topological polar surface area (TPSA) is 94.5 Å². The van der Waals surface area contributed by atoms with Crippen LogP contribution in [0, 0.1) is 13.8 Å². The van der Waals surface area contributed by atoms with Gasteiger partial charge in [-0.1, -0.05) is 5.16 Å². The van der Waals surface area contributed by atoms with E-state index in [2.05, 4.69) is 25.2 Å². The molecular formula is C12H13N5O3S. The summed E-state index contributed by atoms with van der Waals surface area (Å²) in [5, 5.41) is 11.9. The number of fused-ring (bicyclic) bond motifs is 1. The third-order valence-corrected chi connectivity index (χ3v) is 3.65. The monoisotopic (exact) mass is 307 g/mol. The Bertz CT molecular complexity index is 775. The van der Waals surface area contributed by atoms with E-state index in [-0.39, 0.29) is 12.5 Å². The standard InChI is InChI=1S/C12H13N5O3S/c1-7-9(17-4-6-21-12(17)14-7)10(18)13-3-5-19-11-8(2)15-20-16-11/h4,6H,3,5H2,1-2H3,(H,13,18). The van der Waals surface area contributed by atoms with Crippen molar-refractivity contribution in [1.82, 2.24) is 25.0 Å². The van der Waals surface area contributed by atoms with Gasteiger partial charge in [-0.25, -0.2) is 9.61 Å². The molecule has 0 unspecified atom stereocenters. The summed E-state index contributed by atoms with van der Waals surface area (Å²) in [4.78, 5) is 17.3. The van der Waals surface area contributed by atoms with Crippen LogP contribution in [0.2, 0.25) is 0 Å². The summed E-state index contributed by atoms with van der Waals surface area (Å²) in [7, 11) is 0. The number of carbonyl (C=O) groups excluding carboxylic acids is 1. The highest BCUT2D eigenvalue weighted by molar-refractivity contribution is 7.15. The summed E-state index contributed by atoms with van der Waals surface area (Å²) >= 11 is 1.49. The number of imidazole rings is 1. The molecule has 0 aliphatic heterocycles. The lowest BCUT2D eigenvalue weighted by Crippen LogP contribution is -2.29. The van der Waals surface area contributed by atoms with E-state index in [1.54, 1.807) is 11.3 Å². The van der Waals surface area contributed by atoms with E-state index in [1.165, 1.54) is 11.3 Å². The summed E-state index contributed by atoms with van der Waals surface area (Å²) in [6.07, 6.45) is 1.83. The first-order chi connectivity index (χ1) is 10.2. The van der Waals surface area contributed by atoms with Gasteiger partial charge in [0, 0.05) is 11.6 Å². The molecule has 21 heavy (non-hydrogen) atoms. The Morgan fingerprint density at radius 1 is 1.43 bits per heavy atom. The number of amides is 1. The van der Waals surface area contributed by atoms with Crippen molar-refractivity contribution in [3.63, 3.8) is 0 Å². The van der Waals surface area contributed by atoms with Gasteiger partial charge in [0.15, 0.2) is 4.96 Å². The van der Waals surface area contributed by atoms with E-state index < -0.39 is 0 Å². The Morgan fingerprint density at radius 2 is 2.29 bits per heavy atom. The van der Waals surface area contributed by atoms with Crippen LogP contribution in [0.3, 0.4) is 0 Å². The van der Waals surface area contributed by atoms with Crippen molar-refractivity contribution in [3.8, 4) is 5.88 Å². The smallest absolute Gasteiger partial charge is 0.278 e. The number of aryl methyl sites for hydroxylation is 2. The average molecular weight is 307 g/mol. The summed E-state index contributed by atoms with van der Waals surface area (Å²) in [6.45, 7) is 4.18. The highest BCUT2D eigenvalue weighted by atomic mass is 32.1. The van der Waals surface area contributed by atoms with Gasteiger partial charge in [0.25, 0.3) is 11.8 Å². The van der Waals surface area contributed by atoms with Gasteiger partial charge in [0.1, 0.15) is 18.0 Å². The highest BCUT2D eigenvalue weighted by Crippen LogP contribution is 2.16. The van der Waals surface area contributed by atoms with E-state index in [4.69, 9.17) is 4.74 Å². The first kappa shape index (κ1) is 13.6. The lowest BCUT2D eigenvalue weighted by molar-refractivity contribution is 0.0939. The van der Waals surface area contributed by atoms with Crippen LogP contribution in [-0.4, -0.2) is 38.8 Å². The molecule has 0 saturated heterocycles. The van der Waals surface area contributed by atoms with Crippen LogP contribution < -0.4 is 10.1 Å². The fraction of sp³-hybridized carbons (Fsp3) is 0.333. The molecule has 3 aromatic heterocycles. The summed E-state index contributed by atoms with van der Waals surface area (Å²) in [5.41, 5.74) is 1.83. The zero-order chi connectivity index (χ0) is 14.8.